The number of aromatic nitrogens is 2. The summed E-state index contributed by atoms with van der Waals surface area (Å²) in [5.74, 6) is 2.51. The number of hydrogen-bond donors (Lipinski definition) is 1. The monoisotopic (exact) mass is 397 g/mol. The van der Waals surface area contributed by atoms with Crippen molar-refractivity contribution in [1.82, 2.24) is 9.78 Å². The largest absolute Gasteiger partial charge is 0.496 e. The maximum absolute atomic E-state index is 6.40. The van der Waals surface area contributed by atoms with Gasteiger partial charge in [-0.05, 0) is 56.0 Å². The van der Waals surface area contributed by atoms with Crippen molar-refractivity contribution in [3.63, 3.8) is 0 Å². The summed E-state index contributed by atoms with van der Waals surface area (Å²) in [4.78, 5) is 0. The molecule has 0 spiro atoms. The van der Waals surface area contributed by atoms with Gasteiger partial charge in [0.15, 0.2) is 0 Å². The standard InChI is InChI=1S/C22H24ClN3O2/c1-14-10-11-15(13-17(14)23)26-22-16(7-4-5-12-24-22)21(25-26)20-18(27-2)8-6-9-19(20)28-3/h6,8-11,13,24H,4-5,7,12H2,1-3H3. The van der Waals surface area contributed by atoms with Crippen LogP contribution in [-0.2, 0) is 6.42 Å². The summed E-state index contributed by atoms with van der Waals surface area (Å²) in [5.41, 5.74) is 4.92. The van der Waals surface area contributed by atoms with Gasteiger partial charge in [-0.25, -0.2) is 4.68 Å². The molecule has 2 heterocycles. The molecule has 0 aliphatic carbocycles. The molecule has 4 rings (SSSR count). The van der Waals surface area contributed by atoms with Gasteiger partial charge in [-0.15, -0.1) is 0 Å². The molecular formula is C22H24ClN3O2. The van der Waals surface area contributed by atoms with E-state index >= 15 is 0 Å². The molecule has 2 aromatic carbocycles. The molecule has 0 unspecified atom stereocenters. The van der Waals surface area contributed by atoms with Gasteiger partial charge in [-0.1, -0.05) is 23.7 Å². The molecule has 1 aromatic heterocycles. The van der Waals surface area contributed by atoms with E-state index in [-0.39, 0.29) is 0 Å². The molecule has 1 aliphatic heterocycles. The van der Waals surface area contributed by atoms with Gasteiger partial charge in [0.05, 0.1) is 25.5 Å². The van der Waals surface area contributed by atoms with Crippen molar-refractivity contribution in [2.24, 2.45) is 0 Å². The molecule has 0 saturated carbocycles. The third-order valence-electron chi connectivity index (χ3n) is 5.19. The third-order valence-corrected chi connectivity index (χ3v) is 5.60. The number of ether oxygens (including phenoxy) is 2. The molecule has 28 heavy (non-hydrogen) atoms. The minimum Gasteiger partial charge on any atom is -0.496 e. The van der Waals surface area contributed by atoms with Crippen molar-refractivity contribution in [1.29, 1.82) is 0 Å². The summed E-state index contributed by atoms with van der Waals surface area (Å²) in [6, 6.07) is 11.8. The maximum atomic E-state index is 6.40. The second-order valence-electron chi connectivity index (χ2n) is 6.94. The Hall–Kier alpha value is -2.66. The van der Waals surface area contributed by atoms with Gasteiger partial charge in [0.2, 0.25) is 0 Å². The first kappa shape index (κ1) is 18.7. The van der Waals surface area contributed by atoms with Crippen LogP contribution in [-0.4, -0.2) is 30.5 Å². The van der Waals surface area contributed by atoms with E-state index in [1.807, 2.05) is 48.0 Å². The number of nitrogens with one attached hydrogen (secondary N) is 1. The van der Waals surface area contributed by atoms with Crippen LogP contribution in [0, 0.1) is 6.92 Å². The zero-order chi connectivity index (χ0) is 19.7. The molecule has 0 bridgehead atoms. The molecule has 0 atom stereocenters. The number of aryl methyl sites for hydroxylation is 1. The summed E-state index contributed by atoms with van der Waals surface area (Å²) in [5, 5.41) is 9.29. The quantitative estimate of drug-likeness (QED) is 0.651. The lowest BCUT2D eigenvalue weighted by Crippen LogP contribution is -2.07. The second kappa shape index (κ2) is 7.76. The van der Waals surface area contributed by atoms with Gasteiger partial charge in [-0.3, -0.25) is 0 Å². The number of hydrogen-bond acceptors (Lipinski definition) is 4. The molecule has 3 aromatic rings. The molecule has 6 heteroatoms. The molecular weight excluding hydrogens is 374 g/mol. The third kappa shape index (κ3) is 3.20. The van der Waals surface area contributed by atoms with Crippen LogP contribution in [0.25, 0.3) is 16.9 Å². The summed E-state index contributed by atoms with van der Waals surface area (Å²) in [7, 11) is 3.35. The number of methoxy groups -OCH3 is 2. The van der Waals surface area contributed by atoms with Crippen LogP contribution in [0.15, 0.2) is 36.4 Å². The fraction of sp³-hybridized carbons (Fsp3) is 0.318. The van der Waals surface area contributed by atoms with Gasteiger partial charge in [0.25, 0.3) is 0 Å². The molecule has 1 aliphatic rings. The van der Waals surface area contributed by atoms with Gasteiger partial charge < -0.3 is 14.8 Å². The van der Waals surface area contributed by atoms with Crippen molar-refractivity contribution in [2.45, 2.75) is 26.2 Å². The predicted octanol–water partition coefficient (Wildman–Crippen LogP) is 5.27. The summed E-state index contributed by atoms with van der Waals surface area (Å²) < 4.78 is 13.2. The first-order valence-corrected chi connectivity index (χ1v) is 9.85. The molecule has 1 N–H and O–H groups in total. The number of nitrogens with zero attached hydrogens (tertiary/aromatic N) is 2. The van der Waals surface area contributed by atoms with E-state index in [4.69, 9.17) is 26.2 Å². The molecule has 5 nitrogen and oxygen atoms in total. The van der Waals surface area contributed by atoms with Crippen LogP contribution >= 0.6 is 11.6 Å². The number of anilines is 1. The normalized spacial score (nSPS) is 13.4. The summed E-state index contributed by atoms with van der Waals surface area (Å²) in [6.07, 6.45) is 3.16. The minimum atomic E-state index is 0.729. The summed E-state index contributed by atoms with van der Waals surface area (Å²) >= 11 is 6.40. The number of benzene rings is 2. The minimum absolute atomic E-state index is 0.729. The Balaban J connectivity index is 1.97. The van der Waals surface area contributed by atoms with Gasteiger partial charge in [-0.2, -0.15) is 5.10 Å². The lowest BCUT2D eigenvalue weighted by atomic mass is 10.0. The Labute approximate surface area is 170 Å². The average Bonchev–Trinajstić information content (AvgIpc) is 2.89. The van der Waals surface area contributed by atoms with E-state index in [1.165, 1.54) is 5.56 Å². The van der Waals surface area contributed by atoms with E-state index < -0.39 is 0 Å². The van der Waals surface area contributed by atoms with E-state index in [0.717, 1.165) is 70.7 Å². The van der Waals surface area contributed by atoms with Gasteiger partial charge >= 0.3 is 0 Å². The van der Waals surface area contributed by atoms with Crippen molar-refractivity contribution in [3.05, 3.63) is 52.5 Å². The smallest absolute Gasteiger partial charge is 0.133 e. The van der Waals surface area contributed by atoms with Crippen molar-refractivity contribution in [2.75, 3.05) is 26.1 Å². The van der Waals surface area contributed by atoms with Crippen LogP contribution in [0.2, 0.25) is 5.02 Å². The molecule has 146 valence electrons. The highest BCUT2D eigenvalue weighted by atomic mass is 35.5. The lowest BCUT2D eigenvalue weighted by Gasteiger charge is -2.12. The van der Waals surface area contributed by atoms with E-state index in [0.29, 0.717) is 0 Å². The highest BCUT2D eigenvalue weighted by Crippen LogP contribution is 2.43. The van der Waals surface area contributed by atoms with Gasteiger partial charge in [0.1, 0.15) is 23.0 Å². The van der Waals surface area contributed by atoms with Crippen LogP contribution in [0.3, 0.4) is 0 Å². The zero-order valence-corrected chi connectivity index (χ0v) is 17.1. The first-order valence-electron chi connectivity index (χ1n) is 9.47. The molecule has 0 radical (unpaired) electrons. The van der Waals surface area contributed by atoms with Crippen molar-refractivity contribution < 1.29 is 9.47 Å². The predicted molar refractivity (Wildman–Crippen MR) is 113 cm³/mol. The Kier molecular flexibility index (Phi) is 5.18. The number of rotatable bonds is 4. The second-order valence-corrected chi connectivity index (χ2v) is 7.35. The van der Waals surface area contributed by atoms with E-state index in [2.05, 4.69) is 5.32 Å². The Morgan fingerprint density at radius 1 is 1.07 bits per heavy atom. The average molecular weight is 398 g/mol. The molecule has 0 amide bonds. The van der Waals surface area contributed by atoms with E-state index in [1.54, 1.807) is 14.2 Å². The SMILES string of the molecule is COc1cccc(OC)c1-c1nn(-c2ccc(C)c(Cl)c2)c2c1CCCCN2. The maximum Gasteiger partial charge on any atom is 0.133 e. The van der Waals surface area contributed by atoms with Crippen molar-refractivity contribution >= 4 is 17.4 Å². The Morgan fingerprint density at radius 2 is 1.82 bits per heavy atom. The topological polar surface area (TPSA) is 48.3 Å². The fourth-order valence-corrected chi connectivity index (χ4v) is 3.86. The van der Waals surface area contributed by atoms with Crippen LogP contribution in [0.4, 0.5) is 5.82 Å². The van der Waals surface area contributed by atoms with E-state index in [9.17, 15) is 0 Å². The summed E-state index contributed by atoms with van der Waals surface area (Å²) in [6.45, 7) is 2.92. The first-order chi connectivity index (χ1) is 13.6. The van der Waals surface area contributed by atoms with Crippen LogP contribution in [0.1, 0.15) is 24.0 Å². The van der Waals surface area contributed by atoms with Crippen molar-refractivity contribution in [3.8, 4) is 28.4 Å². The highest BCUT2D eigenvalue weighted by Gasteiger charge is 2.26. The fourth-order valence-electron chi connectivity index (χ4n) is 3.69. The number of halogens is 1. The Morgan fingerprint density at radius 3 is 2.50 bits per heavy atom. The zero-order valence-electron chi connectivity index (χ0n) is 16.4. The highest BCUT2D eigenvalue weighted by molar-refractivity contribution is 6.31. The lowest BCUT2D eigenvalue weighted by molar-refractivity contribution is 0.397. The van der Waals surface area contributed by atoms with Crippen LogP contribution < -0.4 is 14.8 Å². The Bertz CT molecular complexity index is 991. The van der Waals surface area contributed by atoms with Gasteiger partial charge in [0, 0.05) is 17.1 Å². The van der Waals surface area contributed by atoms with Crippen LogP contribution in [0.5, 0.6) is 11.5 Å². The molecule has 0 fully saturated rings. The molecule has 0 saturated heterocycles. The number of fused-ring (bicyclic) bond motifs is 1.